The first-order valence-electron chi connectivity index (χ1n) is 11.9. The summed E-state index contributed by atoms with van der Waals surface area (Å²) in [6, 6.07) is 6.71. The molecular formula is C24H29N5O3. The lowest BCUT2D eigenvalue weighted by molar-refractivity contribution is 0.0512. The quantitative estimate of drug-likeness (QED) is 0.569. The number of amides is 1. The van der Waals surface area contributed by atoms with Crippen LogP contribution in [0.1, 0.15) is 76.1 Å². The number of carbonyl (C=O) groups excluding carboxylic acids is 1. The van der Waals surface area contributed by atoms with Crippen molar-refractivity contribution in [3.05, 3.63) is 30.3 Å². The van der Waals surface area contributed by atoms with E-state index in [0.29, 0.717) is 30.9 Å². The van der Waals surface area contributed by atoms with Gasteiger partial charge in [0.15, 0.2) is 0 Å². The molecule has 8 heteroatoms. The van der Waals surface area contributed by atoms with Gasteiger partial charge in [-0.25, -0.2) is 4.79 Å². The monoisotopic (exact) mass is 435 g/mol. The summed E-state index contributed by atoms with van der Waals surface area (Å²) in [5.41, 5.74) is 1.82. The minimum Gasteiger partial charge on any atom is -0.443 e. The predicted octanol–water partition coefficient (Wildman–Crippen LogP) is 5.07. The number of likely N-dealkylation sites (tertiary alicyclic amines) is 1. The fourth-order valence-corrected chi connectivity index (χ4v) is 4.99. The molecule has 0 atom stereocenters. The van der Waals surface area contributed by atoms with Crippen molar-refractivity contribution in [2.45, 2.75) is 75.9 Å². The van der Waals surface area contributed by atoms with Gasteiger partial charge >= 0.3 is 6.09 Å². The van der Waals surface area contributed by atoms with Crippen LogP contribution in [0.2, 0.25) is 0 Å². The number of rotatable bonds is 4. The average Bonchev–Trinajstić information content (AvgIpc) is 3.29. The molecule has 6 rings (SSSR count). The van der Waals surface area contributed by atoms with Crippen LogP contribution in [0.3, 0.4) is 0 Å². The lowest BCUT2D eigenvalue weighted by Crippen LogP contribution is -2.39. The maximum atomic E-state index is 12.3. The molecule has 3 heterocycles. The maximum Gasteiger partial charge on any atom is 0.410 e. The van der Waals surface area contributed by atoms with E-state index in [0.717, 1.165) is 42.1 Å². The second-order valence-corrected chi connectivity index (χ2v) is 9.83. The normalized spacial score (nSPS) is 21.3. The largest absolute Gasteiger partial charge is 0.443 e. The van der Waals surface area contributed by atoms with Crippen molar-refractivity contribution < 1.29 is 13.9 Å². The molecule has 0 radical (unpaired) electrons. The van der Waals surface area contributed by atoms with Gasteiger partial charge in [0.2, 0.25) is 11.8 Å². The van der Waals surface area contributed by atoms with E-state index in [1.807, 2.05) is 19.2 Å². The lowest BCUT2D eigenvalue weighted by atomic mass is 9.97. The van der Waals surface area contributed by atoms with Crippen LogP contribution in [0.5, 0.6) is 0 Å². The molecule has 2 saturated carbocycles. The summed E-state index contributed by atoms with van der Waals surface area (Å²) in [4.78, 5) is 14.1. The third-order valence-corrected chi connectivity index (χ3v) is 7.35. The Bertz CT molecular complexity index is 1130. The van der Waals surface area contributed by atoms with Crippen molar-refractivity contribution in [3.63, 3.8) is 0 Å². The highest BCUT2D eigenvalue weighted by atomic mass is 16.6. The zero-order chi connectivity index (χ0) is 21.7. The van der Waals surface area contributed by atoms with Gasteiger partial charge in [-0.3, -0.25) is 4.68 Å². The lowest BCUT2D eigenvalue weighted by Gasteiger charge is -2.30. The number of benzene rings is 1. The van der Waals surface area contributed by atoms with Gasteiger partial charge in [0.25, 0.3) is 0 Å². The van der Waals surface area contributed by atoms with Gasteiger partial charge in [0.1, 0.15) is 5.60 Å². The standard InChI is InChI=1S/C24H29N5O3/c1-24(10-11-24)32-23(30)28-12-8-16(9-13-28)21-26-27-22(31-21)17-6-7-18-15-25-29(20(18)14-17)19-4-2-3-5-19/h6-7,14-16,19H,2-5,8-13H2,1H3. The third-order valence-electron chi connectivity index (χ3n) is 7.35. The molecule has 1 saturated heterocycles. The van der Waals surface area contributed by atoms with Gasteiger partial charge in [-0.2, -0.15) is 5.10 Å². The Labute approximate surface area is 186 Å². The first-order valence-corrected chi connectivity index (χ1v) is 11.9. The molecule has 0 unspecified atom stereocenters. The maximum absolute atomic E-state index is 12.3. The molecule has 3 aromatic rings. The number of nitrogens with zero attached hydrogens (tertiary/aromatic N) is 5. The third kappa shape index (κ3) is 3.65. The summed E-state index contributed by atoms with van der Waals surface area (Å²) in [6.07, 6.45) is 10.2. The fraction of sp³-hybridized carbons (Fsp3) is 0.583. The van der Waals surface area contributed by atoms with Gasteiger partial charge in [0, 0.05) is 30.0 Å². The molecule has 1 aliphatic heterocycles. The Morgan fingerprint density at radius 3 is 2.66 bits per heavy atom. The van der Waals surface area contributed by atoms with Crippen LogP contribution in [0.25, 0.3) is 22.4 Å². The number of hydrogen-bond acceptors (Lipinski definition) is 6. The molecule has 0 spiro atoms. The highest BCUT2D eigenvalue weighted by Crippen LogP contribution is 2.40. The van der Waals surface area contributed by atoms with Crippen molar-refractivity contribution in [1.82, 2.24) is 24.9 Å². The van der Waals surface area contributed by atoms with E-state index >= 15 is 0 Å². The van der Waals surface area contributed by atoms with E-state index in [2.05, 4.69) is 32.1 Å². The Hall–Kier alpha value is -2.90. The molecule has 2 aliphatic carbocycles. The summed E-state index contributed by atoms with van der Waals surface area (Å²) >= 11 is 0. The van der Waals surface area contributed by atoms with Gasteiger partial charge in [-0.15, -0.1) is 10.2 Å². The Morgan fingerprint density at radius 2 is 1.91 bits per heavy atom. The van der Waals surface area contributed by atoms with E-state index < -0.39 is 0 Å². The average molecular weight is 436 g/mol. The summed E-state index contributed by atoms with van der Waals surface area (Å²) in [6.45, 7) is 3.31. The zero-order valence-corrected chi connectivity index (χ0v) is 18.5. The topological polar surface area (TPSA) is 86.3 Å². The van der Waals surface area contributed by atoms with Crippen LogP contribution in [0.15, 0.2) is 28.8 Å². The minimum absolute atomic E-state index is 0.171. The van der Waals surface area contributed by atoms with Gasteiger partial charge in [0.05, 0.1) is 17.8 Å². The van der Waals surface area contributed by atoms with Gasteiger partial charge in [-0.1, -0.05) is 18.9 Å². The molecule has 32 heavy (non-hydrogen) atoms. The van der Waals surface area contributed by atoms with Crippen LogP contribution in [0.4, 0.5) is 4.79 Å². The van der Waals surface area contributed by atoms with E-state index in [1.54, 1.807) is 4.90 Å². The summed E-state index contributed by atoms with van der Waals surface area (Å²) < 4.78 is 13.9. The SMILES string of the molecule is CC1(OC(=O)N2CCC(c3nnc(-c4ccc5cnn(C6CCCC6)c5c4)o3)CC2)CC1. The zero-order valence-electron chi connectivity index (χ0n) is 18.5. The first kappa shape index (κ1) is 19.8. The number of carbonyl (C=O) groups is 1. The Kier molecular flexibility index (Phi) is 4.69. The molecule has 1 amide bonds. The van der Waals surface area contributed by atoms with Crippen molar-refractivity contribution in [3.8, 4) is 11.5 Å². The molecule has 8 nitrogen and oxygen atoms in total. The number of hydrogen-bond donors (Lipinski definition) is 0. The molecule has 1 aromatic carbocycles. The van der Waals surface area contributed by atoms with Gasteiger partial charge in [-0.05, 0) is 57.6 Å². The minimum atomic E-state index is -0.233. The summed E-state index contributed by atoms with van der Waals surface area (Å²) in [5.74, 6) is 1.38. The Morgan fingerprint density at radius 1 is 1.12 bits per heavy atom. The second-order valence-electron chi connectivity index (χ2n) is 9.83. The Balaban J connectivity index is 1.15. The summed E-state index contributed by atoms with van der Waals surface area (Å²) in [7, 11) is 0. The van der Waals surface area contributed by atoms with E-state index in [-0.39, 0.29) is 17.6 Å². The number of fused-ring (bicyclic) bond motifs is 1. The van der Waals surface area contributed by atoms with Crippen LogP contribution in [-0.2, 0) is 4.74 Å². The van der Waals surface area contributed by atoms with E-state index in [1.165, 1.54) is 25.7 Å². The van der Waals surface area contributed by atoms with Crippen molar-refractivity contribution >= 4 is 17.0 Å². The molecular weight excluding hydrogens is 406 g/mol. The smallest absolute Gasteiger partial charge is 0.410 e. The van der Waals surface area contributed by atoms with Crippen LogP contribution >= 0.6 is 0 Å². The van der Waals surface area contributed by atoms with E-state index in [4.69, 9.17) is 9.15 Å². The van der Waals surface area contributed by atoms with Crippen molar-refractivity contribution in [1.29, 1.82) is 0 Å². The van der Waals surface area contributed by atoms with Crippen LogP contribution in [0, 0.1) is 0 Å². The first-order chi connectivity index (χ1) is 15.6. The van der Waals surface area contributed by atoms with Crippen molar-refractivity contribution in [2.75, 3.05) is 13.1 Å². The highest BCUT2D eigenvalue weighted by Gasteiger charge is 2.43. The number of ether oxygens (including phenoxy) is 1. The molecule has 0 N–H and O–H groups in total. The molecule has 3 aliphatic rings. The summed E-state index contributed by atoms with van der Waals surface area (Å²) in [5, 5.41) is 14.5. The molecule has 168 valence electrons. The molecule has 2 aromatic heterocycles. The number of piperidine rings is 1. The molecule has 3 fully saturated rings. The van der Waals surface area contributed by atoms with Crippen LogP contribution < -0.4 is 0 Å². The second kappa shape index (κ2) is 7.60. The van der Waals surface area contributed by atoms with E-state index in [9.17, 15) is 4.79 Å². The number of aromatic nitrogens is 4. The predicted molar refractivity (Wildman–Crippen MR) is 118 cm³/mol. The van der Waals surface area contributed by atoms with Crippen molar-refractivity contribution in [2.24, 2.45) is 0 Å². The highest BCUT2D eigenvalue weighted by molar-refractivity contribution is 5.83. The van der Waals surface area contributed by atoms with Gasteiger partial charge < -0.3 is 14.1 Å². The van der Waals surface area contributed by atoms with Crippen LogP contribution in [-0.4, -0.2) is 49.7 Å². The molecule has 0 bridgehead atoms. The fourth-order valence-electron chi connectivity index (χ4n) is 4.99.